The number of halogens is 1. The zero-order valence-corrected chi connectivity index (χ0v) is 24.5. The van der Waals surface area contributed by atoms with Crippen molar-refractivity contribution >= 4 is 28.3 Å². The molecule has 192 valence electrons. The van der Waals surface area contributed by atoms with E-state index < -0.39 is 0 Å². The molecule has 3 aliphatic rings. The molecule has 35 heavy (non-hydrogen) atoms. The Kier molecular flexibility index (Phi) is 8.36. The Morgan fingerprint density at radius 1 is 0.943 bits per heavy atom. The first-order valence-electron chi connectivity index (χ1n) is 13.4. The van der Waals surface area contributed by atoms with E-state index in [4.69, 9.17) is 0 Å². The van der Waals surface area contributed by atoms with Crippen molar-refractivity contribution in [2.45, 2.75) is 65.7 Å². The molecule has 1 aliphatic heterocycles. The Morgan fingerprint density at radius 2 is 1.60 bits per heavy atom. The molecule has 1 aromatic heterocycles. The molecule has 2 aliphatic carbocycles. The molecule has 1 N–H and O–H groups in total. The van der Waals surface area contributed by atoms with Crippen LogP contribution in [-0.4, -0.2) is 47.5 Å². The Hall–Kier alpha value is -1.34. The van der Waals surface area contributed by atoms with Crippen LogP contribution in [0.4, 0.5) is 5.69 Å². The van der Waals surface area contributed by atoms with Crippen molar-refractivity contribution in [1.82, 2.24) is 9.88 Å². The summed E-state index contributed by atoms with van der Waals surface area (Å²) in [6.45, 7) is 15.6. The molecule has 5 heteroatoms. The average molecular weight is 590 g/mol. The van der Waals surface area contributed by atoms with Gasteiger partial charge in [0.25, 0.3) is 0 Å². The lowest BCUT2D eigenvalue weighted by molar-refractivity contribution is 0.0970. The fraction of sp³-hybridized carbons (Fsp3) is 0.633. The van der Waals surface area contributed by atoms with Crippen molar-refractivity contribution < 1.29 is 0 Å². The van der Waals surface area contributed by atoms with E-state index in [0.717, 1.165) is 30.3 Å². The maximum absolute atomic E-state index is 12.0. The number of pyridine rings is 1. The lowest BCUT2D eigenvalue weighted by atomic mass is 9.60. The Morgan fingerprint density at radius 3 is 2.20 bits per heavy atom. The van der Waals surface area contributed by atoms with Crippen molar-refractivity contribution in [2.75, 3.05) is 42.6 Å². The lowest BCUT2D eigenvalue weighted by Crippen LogP contribution is -2.47. The number of H-pyrrole nitrogens is 1. The Balaban J connectivity index is 0.00000141. The predicted molar refractivity (Wildman–Crippen MR) is 158 cm³/mol. The molecule has 5 rings (SSSR count). The number of aromatic nitrogens is 1. The van der Waals surface area contributed by atoms with E-state index in [9.17, 15) is 4.79 Å². The normalized spacial score (nSPS) is 22.4. The number of hydrogen-bond acceptors (Lipinski definition) is 3. The molecule has 0 amide bonds. The van der Waals surface area contributed by atoms with Gasteiger partial charge in [-0.2, -0.15) is 0 Å². The minimum absolute atomic E-state index is 0.0372. The Labute approximate surface area is 226 Å². The molecule has 3 fully saturated rings. The van der Waals surface area contributed by atoms with Gasteiger partial charge in [-0.05, 0) is 89.0 Å². The number of piperazine rings is 1. The number of nitrogens with zero attached hydrogens (tertiary/aromatic N) is 2. The number of hydrogen-bond donors (Lipinski definition) is 1. The van der Waals surface area contributed by atoms with Gasteiger partial charge in [-0.3, -0.25) is 9.69 Å². The molecule has 2 aromatic rings. The highest BCUT2D eigenvalue weighted by Crippen LogP contribution is 2.53. The van der Waals surface area contributed by atoms with Crippen molar-refractivity contribution in [3.63, 3.8) is 0 Å². The average Bonchev–Trinajstić information content (AvgIpc) is 3.63. The van der Waals surface area contributed by atoms with Crippen LogP contribution >= 0.6 is 22.6 Å². The minimum Gasteiger partial charge on any atom is -0.369 e. The molecule has 0 atom stereocenters. The summed E-state index contributed by atoms with van der Waals surface area (Å²) in [5.74, 6) is 1.50. The van der Waals surface area contributed by atoms with Crippen molar-refractivity contribution in [3.8, 4) is 11.3 Å². The van der Waals surface area contributed by atoms with E-state index in [1.54, 1.807) is 6.07 Å². The van der Waals surface area contributed by atoms with Crippen molar-refractivity contribution in [1.29, 1.82) is 0 Å². The molecule has 4 nitrogen and oxygen atoms in total. The molecule has 1 aromatic carbocycles. The van der Waals surface area contributed by atoms with Gasteiger partial charge < -0.3 is 9.88 Å². The lowest BCUT2D eigenvalue weighted by Gasteiger charge is -2.46. The zero-order chi connectivity index (χ0) is 25.2. The van der Waals surface area contributed by atoms with Gasteiger partial charge in [-0.1, -0.05) is 62.4 Å². The van der Waals surface area contributed by atoms with Crippen LogP contribution in [0.3, 0.4) is 0 Å². The smallest absolute Gasteiger partial charge is 0.248 e. The highest BCUT2D eigenvalue weighted by atomic mass is 127. The largest absolute Gasteiger partial charge is 0.369 e. The second kappa shape index (κ2) is 11.0. The van der Waals surface area contributed by atoms with Crippen molar-refractivity contribution in [2.24, 2.45) is 16.7 Å². The summed E-state index contributed by atoms with van der Waals surface area (Å²) in [4.78, 5) is 22.3. The van der Waals surface area contributed by atoms with Crippen LogP contribution in [-0.2, 0) is 0 Å². The third-order valence-corrected chi connectivity index (χ3v) is 8.03. The summed E-state index contributed by atoms with van der Waals surface area (Å²) in [6, 6.07) is 12.4. The van der Waals surface area contributed by atoms with E-state index in [2.05, 4.69) is 83.3 Å². The first-order valence-corrected chi connectivity index (χ1v) is 15.5. The van der Waals surface area contributed by atoms with Crippen LogP contribution in [0.1, 0.15) is 71.3 Å². The second-order valence-corrected chi connectivity index (χ2v) is 12.5. The van der Waals surface area contributed by atoms with E-state index in [1.807, 2.05) is 17.1 Å². The van der Waals surface area contributed by atoms with Crippen molar-refractivity contribution in [3.05, 3.63) is 52.3 Å². The highest BCUT2D eigenvalue weighted by molar-refractivity contribution is 14.1. The molecule has 0 spiro atoms. The molecule has 0 radical (unpaired) electrons. The van der Waals surface area contributed by atoms with E-state index in [1.165, 1.54) is 63.0 Å². The zero-order valence-electron chi connectivity index (χ0n) is 22.4. The number of rotatable bonds is 5. The molecule has 0 unspecified atom stereocenters. The van der Waals surface area contributed by atoms with Crippen LogP contribution in [0, 0.1) is 16.7 Å². The fourth-order valence-corrected chi connectivity index (χ4v) is 6.86. The molecular formula is C30H44IN3O. The number of benzene rings is 1. The Bertz CT molecular complexity index is 1030. The molecule has 1 saturated heterocycles. The van der Waals surface area contributed by atoms with Gasteiger partial charge >= 0.3 is 0 Å². The topological polar surface area (TPSA) is 39.3 Å². The number of nitrogens with one attached hydrogen (secondary N) is 1. The standard InChI is InChI=1S/C29H41N3O.CH3I/c1-28(2)17-23(18-29(3,4)20-28)24-16-22(25-6-5-7-27(33)30-25)10-11-26(24)32-14-12-31(13-15-32)19-21-8-9-21;1-2/h5-7,10-11,16,21,23H,8-9,12-15,17-20H2,1-4H3,(H,30,33);1H3. The van der Waals surface area contributed by atoms with Crippen LogP contribution in [0.5, 0.6) is 0 Å². The predicted octanol–water partition coefficient (Wildman–Crippen LogP) is 6.95. The van der Waals surface area contributed by atoms with Crippen LogP contribution in [0.2, 0.25) is 0 Å². The molecule has 2 saturated carbocycles. The monoisotopic (exact) mass is 589 g/mol. The maximum Gasteiger partial charge on any atom is 0.248 e. The van der Waals surface area contributed by atoms with Gasteiger partial charge in [0, 0.05) is 50.2 Å². The number of alkyl halides is 1. The number of aromatic amines is 1. The summed E-state index contributed by atoms with van der Waals surface area (Å²) in [5.41, 5.74) is 5.58. The summed E-state index contributed by atoms with van der Waals surface area (Å²) < 4.78 is 0. The number of anilines is 1. The summed E-state index contributed by atoms with van der Waals surface area (Å²) in [7, 11) is 0. The fourth-order valence-electron chi connectivity index (χ4n) is 6.86. The first kappa shape index (κ1) is 26.7. The SMILES string of the molecule is CC1(C)CC(c2cc(-c3cccc(=O)[nH]3)ccc2N2CCN(CC3CC3)CC2)CC(C)(C)C1.CI. The highest BCUT2D eigenvalue weighted by Gasteiger charge is 2.40. The van der Waals surface area contributed by atoms with E-state index in [-0.39, 0.29) is 5.56 Å². The third kappa shape index (κ3) is 6.91. The van der Waals surface area contributed by atoms with Gasteiger partial charge in [0.1, 0.15) is 0 Å². The van der Waals surface area contributed by atoms with Gasteiger partial charge in [0.2, 0.25) is 5.56 Å². The third-order valence-electron chi connectivity index (χ3n) is 8.03. The summed E-state index contributed by atoms with van der Waals surface area (Å²) >= 11 is 2.15. The molecule has 0 bridgehead atoms. The van der Waals surface area contributed by atoms with E-state index >= 15 is 0 Å². The van der Waals surface area contributed by atoms with Crippen LogP contribution in [0.15, 0.2) is 41.2 Å². The molecule has 2 heterocycles. The van der Waals surface area contributed by atoms with Gasteiger partial charge in [0.05, 0.1) is 0 Å². The first-order chi connectivity index (χ1) is 16.7. The van der Waals surface area contributed by atoms with Gasteiger partial charge in [0.15, 0.2) is 0 Å². The minimum atomic E-state index is -0.0372. The summed E-state index contributed by atoms with van der Waals surface area (Å²) in [5, 5.41) is 0. The summed E-state index contributed by atoms with van der Waals surface area (Å²) in [6.07, 6.45) is 6.58. The van der Waals surface area contributed by atoms with E-state index in [0.29, 0.717) is 16.7 Å². The van der Waals surface area contributed by atoms with Crippen LogP contribution in [0.25, 0.3) is 11.3 Å². The van der Waals surface area contributed by atoms with Gasteiger partial charge in [-0.25, -0.2) is 0 Å². The second-order valence-electron chi connectivity index (χ2n) is 12.5. The molecular weight excluding hydrogens is 545 g/mol. The maximum atomic E-state index is 12.0. The quantitative estimate of drug-likeness (QED) is 0.303. The van der Waals surface area contributed by atoms with Crippen LogP contribution < -0.4 is 10.5 Å². The van der Waals surface area contributed by atoms with Gasteiger partial charge in [-0.15, -0.1) is 0 Å².